The quantitative estimate of drug-likeness (QED) is 0.695. The van der Waals surface area contributed by atoms with Crippen molar-refractivity contribution in [2.75, 3.05) is 5.32 Å². The summed E-state index contributed by atoms with van der Waals surface area (Å²) < 4.78 is 30.4. The number of hydrogen-bond acceptors (Lipinski definition) is 6. The molecule has 1 atom stereocenters. The number of rotatable bonds is 4. The number of nitrogens with zero attached hydrogens (tertiary/aromatic N) is 2. The Morgan fingerprint density at radius 2 is 1.85 bits per heavy atom. The van der Waals surface area contributed by atoms with Crippen molar-refractivity contribution in [3.63, 3.8) is 0 Å². The molecule has 1 aliphatic heterocycles. The number of benzene rings is 1. The van der Waals surface area contributed by atoms with E-state index < -0.39 is 21.9 Å². The Hall–Kier alpha value is -2.27. The van der Waals surface area contributed by atoms with Crippen LogP contribution in [0.25, 0.3) is 11.3 Å². The van der Waals surface area contributed by atoms with Crippen LogP contribution in [0.1, 0.15) is 32.4 Å². The molecule has 1 aromatic carbocycles. The van der Waals surface area contributed by atoms with E-state index >= 15 is 0 Å². The number of anilines is 1. The van der Waals surface area contributed by atoms with E-state index in [9.17, 15) is 13.2 Å². The second kappa shape index (κ2) is 7.39. The zero-order valence-corrected chi connectivity index (χ0v) is 16.5. The molecule has 3 rings (SSSR count). The van der Waals surface area contributed by atoms with Gasteiger partial charge in [0.15, 0.2) is 17.2 Å². The third kappa shape index (κ3) is 4.53. The normalized spacial score (nSPS) is 16.4. The summed E-state index contributed by atoms with van der Waals surface area (Å²) in [5.41, 5.74) is 0.962. The Labute approximate surface area is 163 Å². The topological polar surface area (TPSA) is 136 Å². The van der Waals surface area contributed by atoms with E-state index in [0.29, 0.717) is 17.3 Å². The minimum Gasteiger partial charge on any atom is -0.472 e. The van der Waals surface area contributed by atoms with E-state index in [0.717, 1.165) is 11.1 Å². The van der Waals surface area contributed by atoms with Crippen molar-refractivity contribution in [2.24, 2.45) is 5.14 Å². The van der Waals surface area contributed by atoms with Crippen LogP contribution in [-0.4, -0.2) is 29.9 Å². The lowest BCUT2D eigenvalue weighted by Gasteiger charge is -2.31. The average Bonchev–Trinajstić information content (AvgIpc) is 2.54. The molecule has 0 saturated carbocycles. The first-order chi connectivity index (χ1) is 12.1. The first-order valence-corrected chi connectivity index (χ1v) is 9.37. The van der Waals surface area contributed by atoms with Crippen molar-refractivity contribution in [3.8, 4) is 17.0 Å². The van der Waals surface area contributed by atoms with Gasteiger partial charge in [0.05, 0.1) is 0 Å². The lowest BCUT2D eigenvalue weighted by atomic mass is 10.0. The lowest BCUT2D eigenvalue weighted by Crippen LogP contribution is -2.46. The van der Waals surface area contributed by atoms with Gasteiger partial charge in [-0.1, -0.05) is 24.3 Å². The van der Waals surface area contributed by atoms with Crippen molar-refractivity contribution in [1.82, 2.24) is 14.7 Å². The van der Waals surface area contributed by atoms with Gasteiger partial charge in [0.2, 0.25) is 0 Å². The molecule has 0 fully saturated rings. The molecule has 0 saturated heterocycles. The van der Waals surface area contributed by atoms with Crippen molar-refractivity contribution in [1.29, 1.82) is 0 Å². The molecule has 2 aromatic rings. The van der Waals surface area contributed by atoms with E-state index in [-0.39, 0.29) is 18.3 Å². The number of fused-ring (bicyclic) bond motifs is 1. The van der Waals surface area contributed by atoms with Crippen molar-refractivity contribution >= 4 is 34.3 Å². The van der Waals surface area contributed by atoms with Gasteiger partial charge >= 0.3 is 0 Å². The smallest absolute Gasteiger partial charge is 0.274 e. The second-order valence-electron chi connectivity index (χ2n) is 6.47. The van der Waals surface area contributed by atoms with Gasteiger partial charge in [0.25, 0.3) is 16.1 Å². The lowest BCUT2D eigenvalue weighted by molar-refractivity contribution is -0.129. The van der Waals surface area contributed by atoms with Crippen LogP contribution in [0.2, 0.25) is 0 Å². The van der Waals surface area contributed by atoms with Crippen molar-refractivity contribution < 1.29 is 17.9 Å². The Bertz CT molecular complexity index is 963. The van der Waals surface area contributed by atoms with Crippen LogP contribution in [0.15, 0.2) is 30.6 Å². The van der Waals surface area contributed by atoms with Crippen molar-refractivity contribution in [3.05, 3.63) is 36.2 Å². The van der Waals surface area contributed by atoms with Crippen LogP contribution in [0, 0.1) is 0 Å². The summed E-state index contributed by atoms with van der Waals surface area (Å²) in [6.45, 7) is 5.00. The molecule has 11 heteroatoms. The standard InChI is InChI=1S/C16H19N5O4S.ClH/c1-9(21-26(17,23)24)10-4-6-11(7-5-10)12-13-14(19-8-18-12)20-15(22)16(2,3)25-13;/h4-9,21H,1-3H3,(H2,17,23,24)(H,18,19,20,22);1H/t9-;/m1./s1. The zero-order chi connectivity index (χ0) is 19.1. The van der Waals surface area contributed by atoms with Crippen LogP contribution in [0.4, 0.5) is 5.82 Å². The number of nitrogens with two attached hydrogens (primary N) is 1. The summed E-state index contributed by atoms with van der Waals surface area (Å²) >= 11 is 0. The number of carbonyl (C=O) groups excluding carboxylic acids is 1. The number of aromatic nitrogens is 2. The first kappa shape index (κ1) is 21.0. The van der Waals surface area contributed by atoms with Crippen LogP contribution in [0.5, 0.6) is 5.75 Å². The molecule has 9 nitrogen and oxygen atoms in total. The highest BCUT2D eigenvalue weighted by Gasteiger charge is 2.37. The number of halogens is 1. The summed E-state index contributed by atoms with van der Waals surface area (Å²) in [6, 6.07) is 6.61. The fraction of sp³-hybridized carbons (Fsp3) is 0.312. The van der Waals surface area contributed by atoms with Gasteiger partial charge in [-0.05, 0) is 26.3 Å². The average molecular weight is 414 g/mol. The Morgan fingerprint density at radius 1 is 1.22 bits per heavy atom. The highest BCUT2D eigenvalue weighted by atomic mass is 35.5. The van der Waals surface area contributed by atoms with E-state index in [1.165, 1.54) is 6.33 Å². The fourth-order valence-electron chi connectivity index (χ4n) is 2.57. The number of hydrogen-bond donors (Lipinski definition) is 3. The SMILES string of the molecule is C[C@@H](NS(N)(=O)=O)c1ccc(-c2ncnc3c2OC(C)(C)C(=O)N3)cc1.Cl. The molecule has 0 aliphatic carbocycles. The summed E-state index contributed by atoms with van der Waals surface area (Å²) in [5, 5.41) is 7.71. The summed E-state index contributed by atoms with van der Waals surface area (Å²) in [4.78, 5) is 20.3. The zero-order valence-electron chi connectivity index (χ0n) is 14.9. The number of nitrogens with one attached hydrogen (secondary N) is 2. The highest BCUT2D eigenvalue weighted by Crippen LogP contribution is 2.39. The van der Waals surface area contributed by atoms with E-state index in [2.05, 4.69) is 20.0 Å². The minimum absolute atomic E-state index is 0. The third-order valence-corrected chi connectivity index (χ3v) is 4.65. The Kier molecular flexibility index (Phi) is 5.76. The molecule has 1 aliphatic rings. The van der Waals surface area contributed by atoms with Gasteiger partial charge in [-0.25, -0.2) is 15.1 Å². The number of carbonyl (C=O) groups is 1. The van der Waals surface area contributed by atoms with Gasteiger partial charge in [-0.2, -0.15) is 13.1 Å². The van der Waals surface area contributed by atoms with Crippen LogP contribution < -0.4 is 19.9 Å². The minimum atomic E-state index is -3.79. The van der Waals surface area contributed by atoms with Crippen LogP contribution >= 0.6 is 12.4 Å². The fourth-order valence-corrected chi connectivity index (χ4v) is 3.20. The predicted octanol–water partition coefficient (Wildman–Crippen LogP) is 1.53. The van der Waals surface area contributed by atoms with Crippen LogP contribution in [0.3, 0.4) is 0 Å². The Morgan fingerprint density at radius 3 is 2.44 bits per heavy atom. The molecule has 146 valence electrons. The number of ether oxygens (including phenoxy) is 1. The largest absolute Gasteiger partial charge is 0.472 e. The second-order valence-corrected chi connectivity index (χ2v) is 7.80. The van der Waals surface area contributed by atoms with Gasteiger partial charge in [-0.15, -0.1) is 12.4 Å². The van der Waals surface area contributed by atoms with Gasteiger partial charge in [-0.3, -0.25) is 4.79 Å². The maximum Gasteiger partial charge on any atom is 0.274 e. The Balaban J connectivity index is 0.00000261. The summed E-state index contributed by atoms with van der Waals surface area (Å²) in [6.07, 6.45) is 1.34. The molecule has 0 bridgehead atoms. The van der Waals surface area contributed by atoms with Gasteiger partial charge < -0.3 is 10.1 Å². The van der Waals surface area contributed by atoms with E-state index in [1.807, 2.05) is 0 Å². The summed E-state index contributed by atoms with van der Waals surface area (Å²) in [5.74, 6) is 0.418. The van der Waals surface area contributed by atoms with E-state index in [4.69, 9.17) is 9.88 Å². The molecule has 4 N–H and O–H groups in total. The monoisotopic (exact) mass is 413 g/mol. The van der Waals surface area contributed by atoms with Crippen LogP contribution in [-0.2, 0) is 15.0 Å². The van der Waals surface area contributed by atoms with Crippen molar-refractivity contribution in [2.45, 2.75) is 32.4 Å². The molecular weight excluding hydrogens is 394 g/mol. The molecule has 0 unspecified atom stereocenters. The maximum absolute atomic E-state index is 12.0. The maximum atomic E-state index is 12.0. The summed E-state index contributed by atoms with van der Waals surface area (Å²) in [7, 11) is -3.79. The highest BCUT2D eigenvalue weighted by molar-refractivity contribution is 7.87. The van der Waals surface area contributed by atoms with E-state index in [1.54, 1.807) is 45.0 Å². The first-order valence-electron chi connectivity index (χ1n) is 7.83. The molecule has 1 amide bonds. The molecule has 0 radical (unpaired) electrons. The molecule has 0 spiro atoms. The molecule has 2 heterocycles. The molecular formula is C16H20ClN5O4S. The number of amides is 1. The van der Waals surface area contributed by atoms with Gasteiger partial charge in [0.1, 0.15) is 12.0 Å². The van der Waals surface area contributed by atoms with Gasteiger partial charge in [0, 0.05) is 11.6 Å². The predicted molar refractivity (Wildman–Crippen MR) is 103 cm³/mol. The third-order valence-electron chi connectivity index (χ3n) is 3.96. The molecule has 27 heavy (non-hydrogen) atoms. The molecule has 1 aromatic heterocycles.